The lowest BCUT2D eigenvalue weighted by molar-refractivity contribution is -0.298. The Morgan fingerprint density at radius 1 is 0.661 bits per heavy atom. The number of carbonyl (C=O) groups is 1. The van der Waals surface area contributed by atoms with Crippen LogP contribution in [0.2, 0.25) is 0 Å². The molecule has 14 heteroatoms. The highest BCUT2D eigenvalue weighted by Gasteiger charge is 2.48. The summed E-state index contributed by atoms with van der Waals surface area (Å²) in [4.78, 5) is 12.9. The quantitative estimate of drug-likeness (QED) is 0.0174. The number of nitrogens with one attached hydrogen (secondary N) is 1. The van der Waals surface area contributed by atoms with E-state index < -0.39 is 78.5 Å². The third kappa shape index (κ3) is 30.4. The van der Waals surface area contributed by atoms with Crippen LogP contribution in [-0.2, 0) is 28.9 Å². The smallest absolute Gasteiger partial charge is 0.394 e. The fourth-order valence-corrected chi connectivity index (χ4v) is 8.12. The molecular weight excluding hydrogens is 815 g/mol. The monoisotopic (exact) mass is 904 g/mol. The Kier molecular flexibility index (Phi) is 36.2. The molecule has 0 aliphatic carbocycles. The molecule has 0 aromatic rings. The molecule has 8 unspecified atom stereocenters. The van der Waals surface area contributed by atoms with Gasteiger partial charge < -0.3 is 40.3 Å². The number of unbranched alkanes of at least 4 members (excludes halogenated alkanes) is 24. The van der Waals surface area contributed by atoms with E-state index in [0.717, 1.165) is 32.1 Å². The van der Waals surface area contributed by atoms with Gasteiger partial charge in [0.2, 0.25) is 5.91 Å². The first-order chi connectivity index (χ1) is 29.9. The second kappa shape index (κ2) is 38.5. The van der Waals surface area contributed by atoms with Crippen LogP contribution in [0.5, 0.6) is 0 Å². The summed E-state index contributed by atoms with van der Waals surface area (Å²) in [6, 6.07) is -1.12. The number of carbonyl (C=O) groups excluding carboxylic acids is 1. The van der Waals surface area contributed by atoms with Gasteiger partial charge in [-0.15, -0.1) is 0 Å². The van der Waals surface area contributed by atoms with Gasteiger partial charge in [-0.1, -0.05) is 192 Å². The van der Waals surface area contributed by atoms with E-state index in [9.17, 15) is 38.7 Å². The van der Waals surface area contributed by atoms with Crippen LogP contribution in [0.4, 0.5) is 0 Å². The first-order valence-corrected chi connectivity index (χ1v) is 25.8. The average Bonchev–Trinajstić information content (AvgIpc) is 3.24. The summed E-state index contributed by atoms with van der Waals surface area (Å²) < 4.78 is 47.0. The molecule has 0 aromatic heterocycles. The minimum absolute atomic E-state index is 0.240. The summed E-state index contributed by atoms with van der Waals surface area (Å²) >= 11 is 0. The molecule has 13 nitrogen and oxygen atoms in total. The van der Waals surface area contributed by atoms with Crippen LogP contribution in [0.3, 0.4) is 0 Å². The Morgan fingerprint density at radius 3 is 1.61 bits per heavy atom. The molecule has 0 spiro atoms. The lowest BCUT2D eigenvalue weighted by atomic mass is 9.99. The van der Waals surface area contributed by atoms with Crippen LogP contribution >= 0.6 is 0 Å². The summed E-state index contributed by atoms with van der Waals surface area (Å²) in [7, 11) is -5.11. The number of aliphatic hydroxyl groups is 5. The second-order valence-electron chi connectivity index (χ2n) is 17.2. The van der Waals surface area contributed by atoms with Gasteiger partial charge in [-0.2, -0.15) is 8.42 Å². The van der Waals surface area contributed by atoms with E-state index in [2.05, 4.69) is 40.7 Å². The molecule has 1 aliphatic heterocycles. The van der Waals surface area contributed by atoms with Gasteiger partial charge in [-0.25, -0.2) is 4.18 Å². The van der Waals surface area contributed by atoms with E-state index in [1.54, 1.807) is 6.08 Å². The molecule has 7 N–H and O–H groups in total. The summed E-state index contributed by atoms with van der Waals surface area (Å²) in [5.41, 5.74) is 0. The van der Waals surface area contributed by atoms with Crippen LogP contribution in [0.25, 0.3) is 0 Å². The lowest BCUT2D eigenvalue weighted by Crippen LogP contribution is -2.61. The average molecular weight is 904 g/mol. The SMILES string of the molecule is CCC/C=C/C(O)C(COC1OC(CO)C(O)C(OS(=O)(=O)O)C1O)NC(=O)C(O)CCCCCCCCCCCCCCCC/C=C\C/C=C\CCCCCCCCCCC. The highest BCUT2D eigenvalue weighted by Crippen LogP contribution is 2.26. The number of ether oxygens (including phenoxy) is 2. The number of rotatable bonds is 41. The van der Waals surface area contributed by atoms with E-state index in [1.807, 2.05) is 6.92 Å². The minimum Gasteiger partial charge on any atom is -0.394 e. The number of hydrogen-bond donors (Lipinski definition) is 7. The number of aliphatic hydroxyl groups excluding tert-OH is 5. The predicted octanol–water partition coefficient (Wildman–Crippen LogP) is 8.86. The second-order valence-corrected chi connectivity index (χ2v) is 18.2. The number of hydrogen-bond acceptors (Lipinski definition) is 11. The van der Waals surface area contributed by atoms with Crippen molar-refractivity contribution in [2.75, 3.05) is 13.2 Å². The van der Waals surface area contributed by atoms with Crippen molar-refractivity contribution < 1.29 is 57.0 Å². The van der Waals surface area contributed by atoms with Gasteiger partial charge in [0.05, 0.1) is 25.4 Å². The van der Waals surface area contributed by atoms with Crippen molar-refractivity contribution in [2.45, 2.75) is 249 Å². The number of allylic oxidation sites excluding steroid dienone is 5. The maximum Gasteiger partial charge on any atom is 0.397 e. The van der Waals surface area contributed by atoms with E-state index in [4.69, 9.17) is 14.0 Å². The van der Waals surface area contributed by atoms with Gasteiger partial charge in [0.1, 0.15) is 30.5 Å². The van der Waals surface area contributed by atoms with E-state index in [1.165, 1.54) is 141 Å². The largest absolute Gasteiger partial charge is 0.397 e. The van der Waals surface area contributed by atoms with Crippen LogP contribution in [0, 0.1) is 0 Å². The molecule has 364 valence electrons. The standard InChI is InChI=1S/C48H89NO12S/c1-3-5-7-8-9-10-11-12-13-14-15-16-17-18-19-20-21-22-23-24-25-26-27-28-29-30-31-32-33-35-37-42(52)47(55)49-40(41(51)36-34-6-4-2)39-59-48-45(54)46(61-62(56,57)58)44(53)43(38-50)60-48/h15-16,18-19,34,36,40-46,48,50-54H,3-14,17,20-33,35,37-39H2,1-2H3,(H,49,55)(H,56,57,58)/b16-15-,19-18-,36-34+. The Hall–Kier alpha value is -1.72. The molecule has 1 rings (SSSR count). The fourth-order valence-electron chi connectivity index (χ4n) is 7.62. The van der Waals surface area contributed by atoms with Crippen LogP contribution in [0.15, 0.2) is 36.5 Å². The molecular formula is C48H89NO12S. The fraction of sp³-hybridized carbons (Fsp3) is 0.854. The lowest BCUT2D eigenvalue weighted by Gasteiger charge is -2.41. The Bertz CT molecular complexity index is 1260. The third-order valence-corrected chi connectivity index (χ3v) is 12.0. The molecule has 0 aromatic carbocycles. The zero-order valence-corrected chi connectivity index (χ0v) is 39.4. The van der Waals surface area contributed by atoms with Gasteiger partial charge in [-0.3, -0.25) is 9.35 Å². The van der Waals surface area contributed by atoms with Gasteiger partial charge >= 0.3 is 10.4 Å². The summed E-state index contributed by atoms with van der Waals surface area (Å²) in [5, 5.41) is 54.4. The molecule has 0 saturated carbocycles. The normalized spacial score (nSPS) is 21.3. The van der Waals surface area contributed by atoms with Gasteiger partial charge in [0, 0.05) is 0 Å². The summed E-state index contributed by atoms with van der Waals surface area (Å²) in [6.45, 7) is 2.96. The van der Waals surface area contributed by atoms with Crippen molar-refractivity contribution in [1.29, 1.82) is 0 Å². The van der Waals surface area contributed by atoms with Crippen molar-refractivity contribution in [3.05, 3.63) is 36.5 Å². The van der Waals surface area contributed by atoms with Crippen molar-refractivity contribution in [3.8, 4) is 0 Å². The zero-order chi connectivity index (χ0) is 45.7. The topological polar surface area (TPSA) is 212 Å². The Balaban J connectivity index is 2.15. The van der Waals surface area contributed by atoms with E-state index in [-0.39, 0.29) is 6.42 Å². The zero-order valence-electron chi connectivity index (χ0n) is 38.5. The molecule has 62 heavy (non-hydrogen) atoms. The Morgan fingerprint density at radius 2 is 1.15 bits per heavy atom. The van der Waals surface area contributed by atoms with E-state index in [0.29, 0.717) is 12.8 Å². The van der Waals surface area contributed by atoms with Crippen molar-refractivity contribution in [1.82, 2.24) is 5.32 Å². The highest BCUT2D eigenvalue weighted by molar-refractivity contribution is 7.80. The molecule has 0 radical (unpaired) electrons. The Labute approximate surface area is 376 Å². The molecule has 0 bridgehead atoms. The van der Waals surface area contributed by atoms with Crippen LogP contribution in [0.1, 0.15) is 200 Å². The molecule has 1 fully saturated rings. The van der Waals surface area contributed by atoms with Crippen molar-refractivity contribution in [2.24, 2.45) is 0 Å². The molecule has 1 heterocycles. The third-order valence-electron chi connectivity index (χ3n) is 11.5. The minimum atomic E-state index is -5.11. The molecule has 8 atom stereocenters. The van der Waals surface area contributed by atoms with E-state index >= 15 is 0 Å². The number of amides is 1. The summed E-state index contributed by atoms with van der Waals surface area (Å²) in [5.74, 6) is -0.715. The maximum atomic E-state index is 12.9. The molecule has 1 saturated heterocycles. The van der Waals surface area contributed by atoms with Gasteiger partial charge in [0.25, 0.3) is 0 Å². The molecule has 1 amide bonds. The highest BCUT2D eigenvalue weighted by atomic mass is 32.3. The first-order valence-electron chi connectivity index (χ1n) is 24.5. The molecule has 1 aliphatic rings. The summed E-state index contributed by atoms with van der Waals surface area (Å²) in [6.07, 6.45) is 35.3. The van der Waals surface area contributed by atoms with Gasteiger partial charge in [-0.05, 0) is 44.9 Å². The van der Waals surface area contributed by atoms with Crippen LogP contribution < -0.4 is 5.32 Å². The first kappa shape index (κ1) is 58.3. The predicted molar refractivity (Wildman–Crippen MR) is 247 cm³/mol. The van der Waals surface area contributed by atoms with Crippen molar-refractivity contribution >= 4 is 16.3 Å². The van der Waals surface area contributed by atoms with Crippen molar-refractivity contribution in [3.63, 3.8) is 0 Å². The van der Waals surface area contributed by atoms with Gasteiger partial charge in [0.15, 0.2) is 6.29 Å². The van der Waals surface area contributed by atoms with Crippen LogP contribution in [-0.4, -0.2) is 107 Å². The maximum absolute atomic E-state index is 12.9.